The molecule has 0 radical (unpaired) electrons. The fourth-order valence-electron chi connectivity index (χ4n) is 2.55. The summed E-state index contributed by atoms with van der Waals surface area (Å²) in [5.74, 6) is 2.40. The van der Waals surface area contributed by atoms with Crippen molar-refractivity contribution in [2.45, 2.75) is 6.54 Å². The first-order chi connectivity index (χ1) is 11.4. The Kier molecular flexibility index (Phi) is 4.16. The molecule has 0 unspecified atom stereocenters. The van der Waals surface area contributed by atoms with Crippen molar-refractivity contribution in [3.8, 4) is 11.5 Å². The van der Waals surface area contributed by atoms with Crippen molar-refractivity contribution in [3.63, 3.8) is 0 Å². The molecule has 1 N–H and O–H groups in total. The van der Waals surface area contributed by atoms with Crippen LogP contribution in [-0.4, -0.2) is 48.9 Å². The van der Waals surface area contributed by atoms with Crippen LogP contribution in [0.4, 0.5) is 11.1 Å². The Bertz CT molecular complexity index is 672. The van der Waals surface area contributed by atoms with Gasteiger partial charge in [-0.05, 0) is 17.7 Å². The highest BCUT2D eigenvalue weighted by atomic mass is 32.1. The molecule has 3 heterocycles. The zero-order valence-corrected chi connectivity index (χ0v) is 13.5. The SMILES string of the molecule is c1cc2c(cc1CNc1nc(N3CCOCC3)ns1)OCCO2. The van der Waals surface area contributed by atoms with Gasteiger partial charge in [0, 0.05) is 31.2 Å². The average Bonchev–Trinajstić information content (AvgIpc) is 3.10. The summed E-state index contributed by atoms with van der Waals surface area (Å²) >= 11 is 1.38. The van der Waals surface area contributed by atoms with Gasteiger partial charge in [-0.15, -0.1) is 0 Å². The lowest BCUT2D eigenvalue weighted by molar-refractivity contribution is 0.122. The van der Waals surface area contributed by atoms with Crippen molar-refractivity contribution in [1.29, 1.82) is 0 Å². The molecule has 7 nitrogen and oxygen atoms in total. The number of morpholine rings is 1. The first-order valence-electron chi connectivity index (χ1n) is 7.67. The smallest absolute Gasteiger partial charge is 0.239 e. The Morgan fingerprint density at radius 3 is 2.78 bits per heavy atom. The second kappa shape index (κ2) is 6.59. The van der Waals surface area contributed by atoms with Gasteiger partial charge in [-0.25, -0.2) is 0 Å². The van der Waals surface area contributed by atoms with E-state index < -0.39 is 0 Å². The maximum Gasteiger partial charge on any atom is 0.239 e. The zero-order valence-electron chi connectivity index (χ0n) is 12.7. The summed E-state index contributed by atoms with van der Waals surface area (Å²) in [5.41, 5.74) is 1.12. The van der Waals surface area contributed by atoms with Gasteiger partial charge in [0.15, 0.2) is 11.5 Å². The maximum atomic E-state index is 5.60. The van der Waals surface area contributed by atoms with Crippen LogP contribution in [0.1, 0.15) is 5.56 Å². The van der Waals surface area contributed by atoms with Crippen LogP contribution in [0.15, 0.2) is 18.2 Å². The number of nitrogens with zero attached hydrogens (tertiary/aromatic N) is 3. The van der Waals surface area contributed by atoms with Gasteiger partial charge < -0.3 is 24.4 Å². The number of anilines is 2. The molecule has 0 spiro atoms. The van der Waals surface area contributed by atoms with Gasteiger partial charge in [0.1, 0.15) is 13.2 Å². The number of aromatic nitrogens is 2. The number of rotatable bonds is 4. The topological polar surface area (TPSA) is 68.7 Å². The van der Waals surface area contributed by atoms with Gasteiger partial charge in [0.2, 0.25) is 11.1 Å². The fraction of sp³-hybridized carbons (Fsp3) is 0.467. The second-order valence-corrected chi connectivity index (χ2v) is 6.08. The average molecular weight is 334 g/mol. The Morgan fingerprint density at radius 2 is 1.91 bits per heavy atom. The van der Waals surface area contributed by atoms with E-state index in [1.807, 2.05) is 18.2 Å². The predicted molar refractivity (Wildman–Crippen MR) is 87.7 cm³/mol. The van der Waals surface area contributed by atoms with Gasteiger partial charge in [-0.3, -0.25) is 0 Å². The van der Waals surface area contributed by atoms with E-state index in [9.17, 15) is 0 Å². The Morgan fingerprint density at radius 1 is 1.09 bits per heavy atom. The number of hydrogen-bond acceptors (Lipinski definition) is 8. The normalized spacial score (nSPS) is 17.1. The first kappa shape index (κ1) is 14.5. The summed E-state index contributed by atoms with van der Waals surface area (Å²) in [6, 6.07) is 5.99. The molecule has 1 aromatic carbocycles. The van der Waals surface area contributed by atoms with Crippen molar-refractivity contribution in [3.05, 3.63) is 23.8 Å². The molecule has 2 aliphatic rings. The van der Waals surface area contributed by atoms with Gasteiger partial charge in [0.05, 0.1) is 13.2 Å². The van der Waals surface area contributed by atoms with E-state index >= 15 is 0 Å². The third kappa shape index (κ3) is 3.32. The molecule has 8 heteroatoms. The van der Waals surface area contributed by atoms with Gasteiger partial charge in [-0.1, -0.05) is 6.07 Å². The van der Waals surface area contributed by atoms with Crippen LogP contribution >= 0.6 is 11.5 Å². The minimum Gasteiger partial charge on any atom is -0.486 e. The molecule has 1 fully saturated rings. The second-order valence-electron chi connectivity index (χ2n) is 5.33. The quantitative estimate of drug-likeness (QED) is 0.913. The molecule has 2 aromatic rings. The number of benzene rings is 1. The third-order valence-corrected chi connectivity index (χ3v) is 4.42. The summed E-state index contributed by atoms with van der Waals surface area (Å²) in [6.07, 6.45) is 0. The van der Waals surface area contributed by atoms with E-state index in [0.29, 0.717) is 19.8 Å². The maximum absolute atomic E-state index is 5.60. The van der Waals surface area contributed by atoms with Crippen LogP contribution < -0.4 is 19.7 Å². The minimum atomic E-state index is 0.600. The van der Waals surface area contributed by atoms with Crippen LogP contribution in [0.25, 0.3) is 0 Å². The molecule has 2 aliphatic heterocycles. The molecule has 4 rings (SSSR count). The van der Waals surface area contributed by atoms with Crippen molar-refractivity contribution in [1.82, 2.24) is 9.36 Å². The van der Waals surface area contributed by atoms with Crippen molar-refractivity contribution in [2.75, 3.05) is 49.7 Å². The molecule has 0 atom stereocenters. The number of hydrogen-bond donors (Lipinski definition) is 1. The van der Waals surface area contributed by atoms with Crippen molar-refractivity contribution < 1.29 is 14.2 Å². The molecule has 1 aromatic heterocycles. The third-order valence-electron chi connectivity index (χ3n) is 3.76. The van der Waals surface area contributed by atoms with Crippen LogP contribution in [0, 0.1) is 0 Å². The van der Waals surface area contributed by atoms with E-state index in [0.717, 1.165) is 54.4 Å². The number of ether oxygens (including phenoxy) is 3. The Labute approximate surface area is 138 Å². The zero-order chi connectivity index (χ0) is 15.5. The Balaban J connectivity index is 1.38. The van der Waals surface area contributed by atoms with E-state index in [4.69, 9.17) is 14.2 Å². The van der Waals surface area contributed by atoms with Gasteiger partial charge in [-0.2, -0.15) is 9.36 Å². The largest absolute Gasteiger partial charge is 0.486 e. The van der Waals surface area contributed by atoms with Crippen LogP contribution in [0.5, 0.6) is 11.5 Å². The fourth-order valence-corrected chi connectivity index (χ4v) is 3.14. The monoisotopic (exact) mass is 334 g/mol. The lowest BCUT2D eigenvalue weighted by atomic mass is 10.2. The van der Waals surface area contributed by atoms with Gasteiger partial charge in [0.25, 0.3) is 0 Å². The van der Waals surface area contributed by atoms with Crippen molar-refractivity contribution >= 4 is 22.6 Å². The lowest BCUT2D eigenvalue weighted by Crippen LogP contribution is -2.36. The summed E-state index contributed by atoms with van der Waals surface area (Å²) in [4.78, 5) is 6.70. The number of fused-ring (bicyclic) bond motifs is 1. The van der Waals surface area contributed by atoms with Crippen molar-refractivity contribution in [2.24, 2.45) is 0 Å². The first-order valence-corrected chi connectivity index (χ1v) is 8.45. The van der Waals surface area contributed by atoms with E-state index in [1.165, 1.54) is 11.5 Å². The van der Waals surface area contributed by atoms with Crippen LogP contribution in [0.3, 0.4) is 0 Å². The van der Waals surface area contributed by atoms with Crippen LogP contribution in [0.2, 0.25) is 0 Å². The highest BCUT2D eigenvalue weighted by molar-refractivity contribution is 7.09. The molecule has 0 aliphatic carbocycles. The van der Waals surface area contributed by atoms with E-state index in [-0.39, 0.29) is 0 Å². The lowest BCUT2D eigenvalue weighted by Gasteiger charge is -2.25. The Hall–Kier alpha value is -2.06. The molecule has 0 saturated carbocycles. The molecule has 0 bridgehead atoms. The molecular formula is C15H18N4O3S. The minimum absolute atomic E-state index is 0.600. The molecule has 0 amide bonds. The number of nitrogens with one attached hydrogen (secondary N) is 1. The molecular weight excluding hydrogens is 316 g/mol. The van der Waals surface area contributed by atoms with Crippen LogP contribution in [-0.2, 0) is 11.3 Å². The van der Waals surface area contributed by atoms with Gasteiger partial charge >= 0.3 is 0 Å². The summed E-state index contributed by atoms with van der Waals surface area (Å²) in [5, 5.41) is 4.14. The van der Waals surface area contributed by atoms with E-state index in [1.54, 1.807) is 0 Å². The summed E-state index contributed by atoms with van der Waals surface area (Å²) in [6.45, 7) is 5.05. The molecule has 122 valence electrons. The summed E-state index contributed by atoms with van der Waals surface area (Å²) < 4.78 is 20.9. The molecule has 1 saturated heterocycles. The summed E-state index contributed by atoms with van der Waals surface area (Å²) in [7, 11) is 0. The molecule has 23 heavy (non-hydrogen) atoms. The highest BCUT2D eigenvalue weighted by Gasteiger charge is 2.16. The standard InChI is InChI=1S/C15H18N4O3S/c1-2-12-13(22-8-7-21-12)9-11(1)10-16-15-17-14(18-23-15)19-3-5-20-6-4-19/h1-2,9H,3-8,10H2,(H,16,17,18). The van der Waals surface area contributed by atoms with E-state index in [2.05, 4.69) is 19.6 Å². The highest BCUT2D eigenvalue weighted by Crippen LogP contribution is 2.31. The predicted octanol–water partition coefficient (Wildman–Crippen LogP) is 1.76.